The van der Waals surface area contributed by atoms with Crippen LogP contribution in [-0.2, 0) is 10.3 Å². The summed E-state index contributed by atoms with van der Waals surface area (Å²) in [5, 5.41) is 0.497. The Hall–Kier alpha value is -2.27. The molecule has 1 unspecified atom stereocenters. The van der Waals surface area contributed by atoms with Crippen molar-refractivity contribution in [1.82, 2.24) is 14.9 Å². The normalized spacial score (nSPS) is 20.4. The van der Waals surface area contributed by atoms with Gasteiger partial charge in [-0.05, 0) is 38.3 Å². The van der Waals surface area contributed by atoms with Crippen molar-refractivity contribution in [2.24, 2.45) is 0 Å². The summed E-state index contributed by atoms with van der Waals surface area (Å²) in [5.74, 6) is 0.232. The smallest absolute Gasteiger partial charge is 0.273 e. The van der Waals surface area contributed by atoms with Gasteiger partial charge in [0.1, 0.15) is 17.1 Å². The average molecular weight is 358 g/mol. The first-order chi connectivity index (χ1) is 12.0. The molecule has 3 rings (SSSR count). The van der Waals surface area contributed by atoms with Crippen LogP contribution in [0.1, 0.15) is 47.6 Å². The van der Waals surface area contributed by atoms with Crippen molar-refractivity contribution < 1.29 is 9.59 Å². The third-order valence-electron chi connectivity index (χ3n) is 4.85. The van der Waals surface area contributed by atoms with Gasteiger partial charge in [-0.3, -0.25) is 9.59 Å². The fourth-order valence-corrected chi connectivity index (χ4v) is 3.84. The number of carbonyl (C=O) groups excluding carboxylic acids is 2. The van der Waals surface area contributed by atoms with Crippen molar-refractivity contribution in [3.63, 3.8) is 0 Å². The molecule has 1 heterocycles. The van der Waals surface area contributed by atoms with Gasteiger partial charge in [-0.1, -0.05) is 29.8 Å². The van der Waals surface area contributed by atoms with Crippen LogP contribution in [-0.4, -0.2) is 33.6 Å². The number of aryl methyl sites for hydroxylation is 1. The van der Waals surface area contributed by atoms with Gasteiger partial charge in [-0.15, -0.1) is 0 Å². The van der Waals surface area contributed by atoms with Crippen molar-refractivity contribution in [3.05, 3.63) is 58.6 Å². The Labute approximate surface area is 152 Å². The van der Waals surface area contributed by atoms with E-state index in [-0.39, 0.29) is 17.4 Å². The van der Waals surface area contributed by atoms with Gasteiger partial charge in [0.05, 0.1) is 0 Å². The van der Waals surface area contributed by atoms with E-state index >= 15 is 0 Å². The number of aromatic nitrogens is 2. The molecule has 1 fully saturated rings. The summed E-state index contributed by atoms with van der Waals surface area (Å²) in [6.07, 6.45) is 4.23. The Morgan fingerprint density at radius 3 is 2.68 bits per heavy atom. The SMILES string of the molecule is Cc1nccc(C(=O)N(C)C2(c3ccccc3Cl)CCCCC2=O)n1. The van der Waals surface area contributed by atoms with E-state index < -0.39 is 5.54 Å². The van der Waals surface area contributed by atoms with E-state index in [1.807, 2.05) is 18.2 Å². The lowest BCUT2D eigenvalue weighted by atomic mass is 9.74. The number of nitrogens with zero attached hydrogens (tertiary/aromatic N) is 3. The van der Waals surface area contributed by atoms with E-state index in [0.717, 1.165) is 12.8 Å². The molecule has 0 saturated heterocycles. The van der Waals surface area contributed by atoms with Crippen molar-refractivity contribution >= 4 is 23.3 Å². The van der Waals surface area contributed by atoms with Gasteiger partial charge in [-0.2, -0.15) is 0 Å². The van der Waals surface area contributed by atoms with E-state index in [2.05, 4.69) is 9.97 Å². The zero-order valence-electron chi connectivity index (χ0n) is 14.3. The van der Waals surface area contributed by atoms with Crippen LogP contribution in [0.2, 0.25) is 5.02 Å². The lowest BCUT2D eigenvalue weighted by molar-refractivity contribution is -0.132. The number of benzene rings is 1. The zero-order chi connectivity index (χ0) is 18.0. The molecular formula is C19H20ClN3O2. The van der Waals surface area contributed by atoms with E-state index in [1.165, 1.54) is 4.90 Å². The molecule has 0 N–H and O–H groups in total. The molecule has 1 saturated carbocycles. The van der Waals surface area contributed by atoms with Crippen LogP contribution < -0.4 is 0 Å². The summed E-state index contributed by atoms with van der Waals surface area (Å²) in [4.78, 5) is 35.9. The molecule has 1 aliphatic carbocycles. The Kier molecular flexibility index (Phi) is 4.86. The zero-order valence-corrected chi connectivity index (χ0v) is 15.1. The van der Waals surface area contributed by atoms with Crippen molar-refractivity contribution in [2.45, 2.75) is 38.1 Å². The van der Waals surface area contributed by atoms with Gasteiger partial charge in [-0.25, -0.2) is 9.97 Å². The largest absolute Gasteiger partial charge is 0.323 e. The molecule has 2 aromatic rings. The molecule has 130 valence electrons. The summed E-state index contributed by atoms with van der Waals surface area (Å²) in [7, 11) is 1.66. The van der Waals surface area contributed by atoms with Gasteiger partial charge in [0.15, 0.2) is 5.78 Å². The molecular weight excluding hydrogens is 338 g/mol. The maximum atomic E-state index is 13.1. The van der Waals surface area contributed by atoms with E-state index in [4.69, 9.17) is 11.6 Å². The summed E-state index contributed by atoms with van der Waals surface area (Å²) in [6, 6.07) is 8.83. The van der Waals surface area contributed by atoms with E-state index in [1.54, 1.807) is 32.3 Å². The second-order valence-corrected chi connectivity index (χ2v) is 6.73. The third kappa shape index (κ3) is 3.04. The number of likely N-dealkylation sites (N-methyl/N-ethyl adjacent to an activating group) is 1. The highest BCUT2D eigenvalue weighted by Crippen LogP contribution is 2.42. The molecule has 1 aliphatic rings. The molecule has 0 spiro atoms. The number of Topliss-reactive ketones (excluding diaryl/α,β-unsaturated/α-hetero) is 1. The maximum absolute atomic E-state index is 13.1. The number of hydrogen-bond donors (Lipinski definition) is 0. The first-order valence-electron chi connectivity index (χ1n) is 8.33. The number of rotatable bonds is 3. The molecule has 5 nitrogen and oxygen atoms in total. The molecule has 1 atom stereocenters. The number of amides is 1. The molecule has 25 heavy (non-hydrogen) atoms. The molecule has 1 aromatic carbocycles. The molecule has 0 aliphatic heterocycles. The van der Waals surface area contributed by atoms with Crippen LogP contribution in [0.15, 0.2) is 36.5 Å². The summed E-state index contributed by atoms with van der Waals surface area (Å²) < 4.78 is 0. The molecule has 0 bridgehead atoms. The minimum absolute atomic E-state index is 0.0217. The van der Waals surface area contributed by atoms with E-state index in [9.17, 15) is 9.59 Å². The highest BCUT2D eigenvalue weighted by atomic mass is 35.5. The lowest BCUT2D eigenvalue weighted by Gasteiger charge is -2.43. The topological polar surface area (TPSA) is 63.2 Å². The monoisotopic (exact) mass is 357 g/mol. The number of carbonyl (C=O) groups is 2. The van der Waals surface area contributed by atoms with Gasteiger partial charge < -0.3 is 4.90 Å². The predicted molar refractivity (Wildman–Crippen MR) is 95.5 cm³/mol. The predicted octanol–water partition coefficient (Wildman–Crippen LogP) is 3.55. The fourth-order valence-electron chi connectivity index (χ4n) is 3.55. The maximum Gasteiger partial charge on any atom is 0.273 e. The standard InChI is InChI=1S/C19H20ClN3O2/c1-13-21-12-10-16(22-13)18(25)23(2)19(11-6-5-9-17(19)24)14-7-3-4-8-15(14)20/h3-4,7-8,10,12H,5-6,9,11H2,1-2H3. The Balaban J connectivity index is 2.10. The second-order valence-electron chi connectivity index (χ2n) is 6.32. The summed E-state index contributed by atoms with van der Waals surface area (Å²) in [5.41, 5.74) is -0.0882. The molecule has 0 radical (unpaired) electrons. The van der Waals surface area contributed by atoms with Gasteiger partial charge >= 0.3 is 0 Å². The average Bonchev–Trinajstić information content (AvgIpc) is 2.62. The Morgan fingerprint density at radius 1 is 1.24 bits per heavy atom. The van der Waals surface area contributed by atoms with Crippen molar-refractivity contribution in [1.29, 1.82) is 0 Å². The molecule has 1 amide bonds. The minimum atomic E-state index is -1.05. The first-order valence-corrected chi connectivity index (χ1v) is 8.71. The van der Waals surface area contributed by atoms with Crippen LogP contribution in [0.4, 0.5) is 0 Å². The van der Waals surface area contributed by atoms with Crippen LogP contribution in [0.5, 0.6) is 0 Å². The van der Waals surface area contributed by atoms with Crippen LogP contribution in [0, 0.1) is 6.92 Å². The molecule has 1 aromatic heterocycles. The van der Waals surface area contributed by atoms with E-state index in [0.29, 0.717) is 29.3 Å². The first kappa shape index (κ1) is 17.5. The summed E-state index contributed by atoms with van der Waals surface area (Å²) >= 11 is 6.42. The van der Waals surface area contributed by atoms with Crippen molar-refractivity contribution in [3.8, 4) is 0 Å². The van der Waals surface area contributed by atoms with Crippen LogP contribution in [0.25, 0.3) is 0 Å². The van der Waals surface area contributed by atoms with Gasteiger partial charge in [0, 0.05) is 30.3 Å². The van der Waals surface area contributed by atoms with Gasteiger partial charge in [0.25, 0.3) is 5.91 Å². The third-order valence-corrected chi connectivity index (χ3v) is 5.18. The lowest BCUT2D eigenvalue weighted by Crippen LogP contribution is -2.54. The van der Waals surface area contributed by atoms with Crippen LogP contribution >= 0.6 is 11.6 Å². The van der Waals surface area contributed by atoms with Crippen LogP contribution in [0.3, 0.4) is 0 Å². The Morgan fingerprint density at radius 2 is 2.00 bits per heavy atom. The molecule has 6 heteroatoms. The quantitative estimate of drug-likeness (QED) is 0.842. The second kappa shape index (κ2) is 6.92. The number of hydrogen-bond acceptors (Lipinski definition) is 4. The number of halogens is 1. The minimum Gasteiger partial charge on any atom is -0.323 e. The van der Waals surface area contributed by atoms with Gasteiger partial charge in [0.2, 0.25) is 0 Å². The number of ketones is 1. The summed E-state index contributed by atoms with van der Waals surface area (Å²) in [6.45, 7) is 1.73. The highest BCUT2D eigenvalue weighted by molar-refractivity contribution is 6.31. The fraction of sp³-hybridized carbons (Fsp3) is 0.368. The highest BCUT2D eigenvalue weighted by Gasteiger charge is 2.48. The Bertz CT molecular complexity index is 824. The van der Waals surface area contributed by atoms with Crippen molar-refractivity contribution in [2.75, 3.05) is 7.05 Å².